The first-order valence-corrected chi connectivity index (χ1v) is 7.16. The average Bonchev–Trinajstić information content (AvgIpc) is 2.24. The number of rotatable bonds is 8. The highest BCUT2D eigenvalue weighted by molar-refractivity contribution is 7.89. The maximum atomic E-state index is 11.9. The number of methoxy groups -OCH3 is 1. The number of primary amides is 1. The molecule has 0 aromatic heterocycles. The molecule has 0 aromatic carbocycles. The Morgan fingerprint density at radius 3 is 2.28 bits per heavy atom. The van der Waals surface area contributed by atoms with Crippen LogP contribution in [-0.2, 0) is 24.3 Å². The van der Waals surface area contributed by atoms with Gasteiger partial charge >= 0.3 is 5.97 Å². The molecule has 8 heteroatoms. The maximum absolute atomic E-state index is 11.9. The third-order valence-electron chi connectivity index (χ3n) is 2.26. The molecule has 0 fully saturated rings. The number of hydrogen-bond acceptors (Lipinski definition) is 5. The summed E-state index contributed by atoms with van der Waals surface area (Å²) in [5, 5.41) is 0. The van der Waals surface area contributed by atoms with Crippen molar-refractivity contribution >= 4 is 21.9 Å². The van der Waals surface area contributed by atoms with Crippen LogP contribution in [0.25, 0.3) is 0 Å². The highest BCUT2D eigenvalue weighted by atomic mass is 32.2. The molecule has 7 nitrogen and oxygen atoms in total. The predicted octanol–water partition coefficient (Wildman–Crippen LogP) is -0.535. The highest BCUT2D eigenvalue weighted by Crippen LogP contribution is 2.09. The van der Waals surface area contributed by atoms with Gasteiger partial charge in [0.25, 0.3) is 0 Å². The standard InChI is InChI=1S/C10H20N2O5S/c1-8(2)12(7-9(11)13)18(15,16)6-4-5-10(14)17-3/h8H,4-7H2,1-3H3,(H2,11,13). The minimum atomic E-state index is -3.60. The molecule has 2 N–H and O–H groups in total. The van der Waals surface area contributed by atoms with Crippen LogP contribution in [0.3, 0.4) is 0 Å². The first-order chi connectivity index (χ1) is 8.20. The summed E-state index contributed by atoms with van der Waals surface area (Å²) in [6.45, 7) is 2.96. The summed E-state index contributed by atoms with van der Waals surface area (Å²) in [4.78, 5) is 21.7. The van der Waals surface area contributed by atoms with Gasteiger partial charge in [-0.2, -0.15) is 4.31 Å². The number of sulfonamides is 1. The van der Waals surface area contributed by atoms with Gasteiger partial charge in [-0.15, -0.1) is 0 Å². The van der Waals surface area contributed by atoms with Crippen LogP contribution in [-0.4, -0.2) is 50.0 Å². The molecular weight excluding hydrogens is 260 g/mol. The minimum absolute atomic E-state index is 0.0260. The lowest BCUT2D eigenvalue weighted by Crippen LogP contribution is -2.43. The zero-order valence-electron chi connectivity index (χ0n) is 10.9. The molecule has 0 radical (unpaired) electrons. The lowest BCUT2D eigenvalue weighted by atomic mass is 10.3. The van der Waals surface area contributed by atoms with E-state index in [1.54, 1.807) is 13.8 Å². The Morgan fingerprint density at radius 2 is 1.89 bits per heavy atom. The second kappa shape index (κ2) is 7.32. The highest BCUT2D eigenvalue weighted by Gasteiger charge is 2.26. The normalized spacial score (nSPS) is 11.8. The summed E-state index contributed by atoms with van der Waals surface area (Å²) >= 11 is 0. The average molecular weight is 280 g/mol. The van der Waals surface area contributed by atoms with Crippen molar-refractivity contribution in [1.82, 2.24) is 4.31 Å². The number of carbonyl (C=O) groups excluding carboxylic acids is 2. The van der Waals surface area contributed by atoms with E-state index in [4.69, 9.17) is 5.73 Å². The van der Waals surface area contributed by atoms with Crippen LogP contribution in [0, 0.1) is 0 Å². The summed E-state index contributed by atoms with van der Waals surface area (Å²) in [5.41, 5.74) is 5.01. The van der Waals surface area contributed by atoms with Gasteiger partial charge in [0.05, 0.1) is 19.4 Å². The molecule has 18 heavy (non-hydrogen) atoms. The van der Waals surface area contributed by atoms with Gasteiger partial charge in [-0.05, 0) is 20.3 Å². The number of hydrogen-bond donors (Lipinski definition) is 1. The molecule has 0 rings (SSSR count). The van der Waals surface area contributed by atoms with E-state index in [9.17, 15) is 18.0 Å². The third-order valence-corrected chi connectivity index (χ3v) is 4.33. The Hall–Kier alpha value is -1.15. The van der Waals surface area contributed by atoms with Crippen molar-refractivity contribution in [3.05, 3.63) is 0 Å². The number of esters is 1. The monoisotopic (exact) mass is 280 g/mol. The van der Waals surface area contributed by atoms with E-state index in [1.165, 1.54) is 7.11 Å². The number of nitrogens with zero attached hydrogens (tertiary/aromatic N) is 1. The van der Waals surface area contributed by atoms with Crippen molar-refractivity contribution in [2.24, 2.45) is 5.73 Å². The zero-order chi connectivity index (χ0) is 14.3. The van der Waals surface area contributed by atoms with Crippen LogP contribution in [0.4, 0.5) is 0 Å². The van der Waals surface area contributed by atoms with Gasteiger partial charge < -0.3 is 10.5 Å². The lowest BCUT2D eigenvalue weighted by Gasteiger charge is -2.24. The van der Waals surface area contributed by atoms with Crippen LogP contribution in [0.2, 0.25) is 0 Å². The van der Waals surface area contributed by atoms with Gasteiger partial charge in [-0.25, -0.2) is 8.42 Å². The fourth-order valence-electron chi connectivity index (χ4n) is 1.37. The number of ether oxygens (including phenoxy) is 1. The zero-order valence-corrected chi connectivity index (χ0v) is 11.7. The molecule has 0 aliphatic heterocycles. The van der Waals surface area contributed by atoms with Crippen molar-refractivity contribution in [2.75, 3.05) is 19.4 Å². The molecule has 0 aliphatic carbocycles. The van der Waals surface area contributed by atoms with Crippen molar-refractivity contribution in [3.63, 3.8) is 0 Å². The molecule has 106 valence electrons. The molecule has 0 aliphatic rings. The van der Waals surface area contributed by atoms with E-state index in [1.807, 2.05) is 0 Å². The van der Waals surface area contributed by atoms with Gasteiger partial charge in [0.2, 0.25) is 15.9 Å². The smallest absolute Gasteiger partial charge is 0.305 e. The molecule has 0 heterocycles. The molecule has 0 saturated carbocycles. The second-order valence-corrected chi connectivity index (χ2v) is 6.14. The summed E-state index contributed by atoms with van der Waals surface area (Å²) < 4.78 is 29.3. The largest absolute Gasteiger partial charge is 0.469 e. The molecular formula is C10H20N2O5S. The van der Waals surface area contributed by atoms with Crippen LogP contribution in [0.1, 0.15) is 26.7 Å². The van der Waals surface area contributed by atoms with E-state index in [0.717, 1.165) is 4.31 Å². The quantitative estimate of drug-likeness (QED) is 0.601. The van der Waals surface area contributed by atoms with Crippen LogP contribution in [0.15, 0.2) is 0 Å². The minimum Gasteiger partial charge on any atom is -0.469 e. The molecule has 1 amide bonds. The van der Waals surface area contributed by atoms with E-state index >= 15 is 0 Å². The SMILES string of the molecule is COC(=O)CCCS(=O)(=O)N(CC(N)=O)C(C)C. The van der Waals surface area contributed by atoms with Gasteiger partial charge in [0, 0.05) is 12.5 Å². The first kappa shape index (κ1) is 16.9. The van der Waals surface area contributed by atoms with Gasteiger partial charge in [-0.1, -0.05) is 0 Å². The van der Waals surface area contributed by atoms with Crippen molar-refractivity contribution < 1.29 is 22.7 Å². The number of amides is 1. The summed E-state index contributed by atoms with van der Waals surface area (Å²) in [6, 6.07) is -0.361. The van der Waals surface area contributed by atoms with Gasteiger partial charge in [0.1, 0.15) is 0 Å². The Kier molecular flexibility index (Phi) is 6.85. The topological polar surface area (TPSA) is 107 Å². The van der Waals surface area contributed by atoms with E-state index < -0.39 is 21.9 Å². The Balaban J connectivity index is 4.56. The lowest BCUT2D eigenvalue weighted by molar-refractivity contribution is -0.140. The predicted molar refractivity (Wildman–Crippen MR) is 66.1 cm³/mol. The summed E-state index contributed by atoms with van der Waals surface area (Å²) in [6.07, 6.45) is 0.176. The first-order valence-electron chi connectivity index (χ1n) is 5.55. The van der Waals surface area contributed by atoms with E-state index in [-0.39, 0.29) is 31.2 Å². The summed E-state index contributed by atoms with van der Waals surface area (Å²) in [7, 11) is -2.36. The maximum Gasteiger partial charge on any atom is 0.305 e. The Bertz CT molecular complexity index is 391. The molecule has 0 unspecified atom stereocenters. The second-order valence-electron chi connectivity index (χ2n) is 4.10. The molecule has 0 atom stereocenters. The van der Waals surface area contributed by atoms with Gasteiger partial charge in [-0.3, -0.25) is 9.59 Å². The Morgan fingerprint density at radius 1 is 1.33 bits per heavy atom. The number of carbonyl (C=O) groups is 2. The molecule has 0 aromatic rings. The van der Waals surface area contributed by atoms with Crippen LogP contribution in [0.5, 0.6) is 0 Å². The van der Waals surface area contributed by atoms with E-state index in [2.05, 4.69) is 4.74 Å². The molecule has 0 saturated heterocycles. The fraction of sp³-hybridized carbons (Fsp3) is 0.800. The van der Waals surface area contributed by atoms with Crippen molar-refractivity contribution in [1.29, 1.82) is 0 Å². The van der Waals surface area contributed by atoms with Crippen molar-refractivity contribution in [3.8, 4) is 0 Å². The van der Waals surface area contributed by atoms with Crippen LogP contribution < -0.4 is 5.73 Å². The van der Waals surface area contributed by atoms with Crippen LogP contribution >= 0.6 is 0 Å². The van der Waals surface area contributed by atoms with E-state index in [0.29, 0.717) is 0 Å². The van der Waals surface area contributed by atoms with Gasteiger partial charge in [0.15, 0.2) is 0 Å². The molecule has 0 spiro atoms. The Labute approximate surface area is 107 Å². The summed E-state index contributed by atoms with van der Waals surface area (Å²) in [5.74, 6) is -1.38. The number of nitrogens with two attached hydrogens (primary N) is 1. The van der Waals surface area contributed by atoms with Crippen molar-refractivity contribution in [2.45, 2.75) is 32.7 Å². The molecule has 0 bridgehead atoms. The third kappa shape index (κ3) is 5.97. The fourth-order valence-corrected chi connectivity index (χ4v) is 3.08.